The summed E-state index contributed by atoms with van der Waals surface area (Å²) in [4.78, 5) is 25.4. The number of para-hydroxylation sites is 1. The number of ether oxygens (including phenoxy) is 2. The summed E-state index contributed by atoms with van der Waals surface area (Å²) in [6.45, 7) is 7.18. The molecule has 0 bridgehead atoms. The number of benzene rings is 1. The maximum absolute atomic E-state index is 12.8. The number of carbonyl (C=O) groups excluding carboxylic acids is 1. The van der Waals surface area contributed by atoms with Gasteiger partial charge in [0.05, 0.1) is 19.1 Å². The quantitative estimate of drug-likeness (QED) is 0.819. The normalized spacial score (nSPS) is 18.9. The van der Waals surface area contributed by atoms with Crippen molar-refractivity contribution in [3.05, 3.63) is 29.8 Å². The Bertz CT molecular complexity index is 601. The van der Waals surface area contributed by atoms with Crippen molar-refractivity contribution >= 4 is 11.9 Å². The van der Waals surface area contributed by atoms with Crippen molar-refractivity contribution in [2.75, 3.05) is 19.7 Å². The molecule has 1 aromatic rings. The van der Waals surface area contributed by atoms with Crippen LogP contribution < -0.4 is 4.74 Å². The number of carboxylic acids is 1. The highest BCUT2D eigenvalue weighted by Crippen LogP contribution is 2.27. The van der Waals surface area contributed by atoms with E-state index in [0.717, 1.165) is 11.3 Å². The molecule has 1 N–H and O–H groups in total. The molecule has 1 aliphatic rings. The number of carbonyl (C=O) groups is 2. The predicted octanol–water partition coefficient (Wildman–Crippen LogP) is 2.67. The van der Waals surface area contributed by atoms with Crippen LogP contribution in [0.15, 0.2) is 24.3 Å². The van der Waals surface area contributed by atoms with Gasteiger partial charge in [0.1, 0.15) is 5.75 Å². The summed E-state index contributed by atoms with van der Waals surface area (Å²) in [7, 11) is 0. The molecule has 138 valence electrons. The van der Waals surface area contributed by atoms with Crippen molar-refractivity contribution in [2.45, 2.75) is 51.7 Å². The van der Waals surface area contributed by atoms with E-state index in [9.17, 15) is 9.59 Å². The maximum atomic E-state index is 12.8. The Morgan fingerprint density at radius 2 is 2.08 bits per heavy atom. The summed E-state index contributed by atoms with van der Waals surface area (Å²) in [5.41, 5.74) is 1.07. The summed E-state index contributed by atoms with van der Waals surface area (Å²) >= 11 is 0. The zero-order valence-electron chi connectivity index (χ0n) is 15.1. The lowest BCUT2D eigenvalue weighted by Gasteiger charge is -2.34. The molecule has 1 saturated heterocycles. The fraction of sp³-hybridized carbons (Fsp3) is 0.579. The number of morpholine rings is 1. The van der Waals surface area contributed by atoms with Gasteiger partial charge in [-0.25, -0.2) is 0 Å². The molecule has 1 fully saturated rings. The van der Waals surface area contributed by atoms with Crippen LogP contribution in [0, 0.1) is 0 Å². The molecule has 6 heteroatoms. The van der Waals surface area contributed by atoms with Crippen LogP contribution in [0.4, 0.5) is 0 Å². The molecule has 0 aromatic heterocycles. The standard InChI is InChI=1S/C19H27NO5/c1-4-16(25-17-8-6-5-7-15(17)13(2)3)19(23)20-9-10-24-14(12-20)11-18(21)22/h5-8,13-14,16H,4,9-12H2,1-3H3,(H,21,22)/t14-,16-/m1/s1. The summed E-state index contributed by atoms with van der Waals surface area (Å²) in [5.74, 6) is -0.00612. The SMILES string of the molecule is CC[C@@H](Oc1ccccc1C(C)C)C(=O)N1CCO[C@H](CC(=O)O)C1. The summed E-state index contributed by atoms with van der Waals surface area (Å²) in [5, 5.41) is 8.92. The highest BCUT2D eigenvalue weighted by atomic mass is 16.5. The zero-order valence-corrected chi connectivity index (χ0v) is 15.1. The molecule has 6 nitrogen and oxygen atoms in total. The Hall–Kier alpha value is -2.08. The highest BCUT2D eigenvalue weighted by Gasteiger charge is 2.31. The van der Waals surface area contributed by atoms with Gasteiger partial charge < -0.3 is 19.5 Å². The first-order valence-electron chi connectivity index (χ1n) is 8.80. The Labute approximate surface area is 148 Å². The Morgan fingerprint density at radius 3 is 2.72 bits per heavy atom. The lowest BCUT2D eigenvalue weighted by molar-refractivity contribution is -0.151. The first-order valence-corrected chi connectivity index (χ1v) is 8.80. The Balaban J connectivity index is 2.07. The van der Waals surface area contributed by atoms with Gasteiger partial charge in [-0.3, -0.25) is 9.59 Å². The zero-order chi connectivity index (χ0) is 18.4. The topological polar surface area (TPSA) is 76.1 Å². The van der Waals surface area contributed by atoms with Crippen LogP contribution in [-0.4, -0.2) is 53.8 Å². The van der Waals surface area contributed by atoms with Crippen molar-refractivity contribution in [3.8, 4) is 5.75 Å². The lowest BCUT2D eigenvalue weighted by Crippen LogP contribution is -2.50. The van der Waals surface area contributed by atoms with Crippen LogP contribution in [0.5, 0.6) is 5.75 Å². The van der Waals surface area contributed by atoms with Crippen LogP contribution in [-0.2, 0) is 14.3 Å². The predicted molar refractivity (Wildman–Crippen MR) is 93.8 cm³/mol. The third-order valence-electron chi connectivity index (χ3n) is 4.31. The highest BCUT2D eigenvalue weighted by molar-refractivity contribution is 5.81. The summed E-state index contributed by atoms with van der Waals surface area (Å²) in [6.07, 6.45) is -0.594. The number of hydrogen-bond donors (Lipinski definition) is 1. The van der Waals surface area contributed by atoms with E-state index in [2.05, 4.69) is 13.8 Å². The molecule has 25 heavy (non-hydrogen) atoms. The molecular formula is C19H27NO5. The molecule has 1 amide bonds. The molecule has 2 rings (SSSR count). The number of rotatable bonds is 7. The van der Waals surface area contributed by atoms with E-state index in [1.807, 2.05) is 31.2 Å². The van der Waals surface area contributed by atoms with Crippen molar-refractivity contribution in [2.24, 2.45) is 0 Å². The first kappa shape index (κ1) is 19.2. The molecule has 0 aliphatic carbocycles. The second-order valence-electron chi connectivity index (χ2n) is 6.58. The van der Waals surface area contributed by atoms with Crippen molar-refractivity contribution in [3.63, 3.8) is 0 Å². The first-order chi connectivity index (χ1) is 11.9. The fourth-order valence-electron chi connectivity index (χ4n) is 2.97. The molecule has 2 atom stereocenters. The average molecular weight is 349 g/mol. The average Bonchev–Trinajstić information content (AvgIpc) is 2.59. The monoisotopic (exact) mass is 349 g/mol. The molecule has 0 radical (unpaired) electrons. The van der Waals surface area contributed by atoms with Crippen LogP contribution in [0.25, 0.3) is 0 Å². The van der Waals surface area contributed by atoms with E-state index in [0.29, 0.717) is 25.5 Å². The second kappa shape index (κ2) is 8.85. The number of amides is 1. The third kappa shape index (κ3) is 5.19. The Kier molecular flexibility index (Phi) is 6.82. The minimum absolute atomic E-state index is 0.0996. The second-order valence-corrected chi connectivity index (χ2v) is 6.58. The van der Waals surface area contributed by atoms with Crippen LogP contribution in [0.1, 0.15) is 45.1 Å². The van der Waals surface area contributed by atoms with Gasteiger partial charge in [0.25, 0.3) is 5.91 Å². The van der Waals surface area contributed by atoms with Gasteiger partial charge in [-0.15, -0.1) is 0 Å². The van der Waals surface area contributed by atoms with E-state index < -0.39 is 18.2 Å². The minimum Gasteiger partial charge on any atom is -0.481 e. The Morgan fingerprint density at radius 1 is 1.36 bits per heavy atom. The maximum Gasteiger partial charge on any atom is 0.306 e. The molecule has 0 saturated carbocycles. The number of aliphatic carboxylic acids is 1. The number of carboxylic acid groups (broad SMARTS) is 1. The van der Waals surface area contributed by atoms with E-state index in [-0.39, 0.29) is 18.9 Å². The number of nitrogens with zero attached hydrogens (tertiary/aromatic N) is 1. The van der Waals surface area contributed by atoms with Gasteiger partial charge in [0.15, 0.2) is 6.10 Å². The molecule has 1 aromatic carbocycles. The van der Waals surface area contributed by atoms with Gasteiger partial charge in [-0.2, -0.15) is 0 Å². The lowest BCUT2D eigenvalue weighted by atomic mass is 10.0. The van der Waals surface area contributed by atoms with Crippen LogP contribution in [0.2, 0.25) is 0 Å². The van der Waals surface area contributed by atoms with E-state index >= 15 is 0 Å². The van der Waals surface area contributed by atoms with Crippen LogP contribution >= 0.6 is 0 Å². The van der Waals surface area contributed by atoms with Gasteiger partial charge in [0.2, 0.25) is 0 Å². The molecule has 1 heterocycles. The number of hydrogen-bond acceptors (Lipinski definition) is 4. The van der Waals surface area contributed by atoms with Gasteiger partial charge >= 0.3 is 5.97 Å². The van der Waals surface area contributed by atoms with E-state index in [1.165, 1.54) is 0 Å². The minimum atomic E-state index is -0.923. The van der Waals surface area contributed by atoms with Gasteiger partial charge in [-0.05, 0) is 24.0 Å². The molecule has 0 unspecified atom stereocenters. The molecular weight excluding hydrogens is 322 g/mol. The third-order valence-corrected chi connectivity index (χ3v) is 4.31. The van der Waals surface area contributed by atoms with Crippen molar-refractivity contribution < 1.29 is 24.2 Å². The largest absolute Gasteiger partial charge is 0.481 e. The molecule has 0 spiro atoms. The van der Waals surface area contributed by atoms with Crippen molar-refractivity contribution in [1.82, 2.24) is 4.90 Å². The summed E-state index contributed by atoms with van der Waals surface area (Å²) < 4.78 is 11.5. The summed E-state index contributed by atoms with van der Waals surface area (Å²) in [6, 6.07) is 7.76. The van der Waals surface area contributed by atoms with E-state index in [4.69, 9.17) is 14.6 Å². The van der Waals surface area contributed by atoms with Gasteiger partial charge in [0, 0.05) is 13.1 Å². The van der Waals surface area contributed by atoms with E-state index in [1.54, 1.807) is 4.90 Å². The van der Waals surface area contributed by atoms with Crippen molar-refractivity contribution in [1.29, 1.82) is 0 Å². The van der Waals surface area contributed by atoms with Crippen LogP contribution in [0.3, 0.4) is 0 Å². The smallest absolute Gasteiger partial charge is 0.306 e. The fourth-order valence-corrected chi connectivity index (χ4v) is 2.97. The van der Waals surface area contributed by atoms with Gasteiger partial charge in [-0.1, -0.05) is 39.0 Å². The molecule has 1 aliphatic heterocycles.